The first kappa shape index (κ1) is 23.5. The van der Waals surface area contributed by atoms with Crippen LogP contribution >= 0.6 is 0 Å². The van der Waals surface area contributed by atoms with E-state index < -0.39 is 20.9 Å². The van der Waals surface area contributed by atoms with E-state index in [0.29, 0.717) is 12.2 Å². The molecule has 13 heteroatoms. The molecule has 0 spiro atoms. The summed E-state index contributed by atoms with van der Waals surface area (Å²) in [7, 11) is -3.73. The molecule has 2 heterocycles. The minimum atomic E-state index is -3.73. The van der Waals surface area contributed by atoms with Crippen molar-refractivity contribution >= 4 is 21.7 Å². The Morgan fingerprint density at radius 2 is 1.88 bits per heavy atom. The number of carbonyl (C=O) groups is 1. The zero-order valence-corrected chi connectivity index (χ0v) is 18.6. The second-order valence-corrected chi connectivity index (χ2v) is 9.16. The van der Waals surface area contributed by atoms with Crippen LogP contribution in [0, 0.1) is 10.1 Å². The molecule has 3 aromatic rings. The number of hydrogen-bond donors (Lipinski definition) is 1. The lowest BCUT2D eigenvalue weighted by Gasteiger charge is -2.11. The van der Waals surface area contributed by atoms with Crippen LogP contribution in [-0.2, 0) is 26.1 Å². The van der Waals surface area contributed by atoms with Gasteiger partial charge in [-0.15, -0.1) is 10.2 Å². The third-order valence-corrected chi connectivity index (χ3v) is 6.48. The maximum atomic E-state index is 12.4. The molecule has 0 bridgehead atoms. The van der Waals surface area contributed by atoms with Gasteiger partial charge in [-0.05, 0) is 49.2 Å². The Labute approximate surface area is 194 Å². The van der Waals surface area contributed by atoms with Gasteiger partial charge >= 0.3 is 5.97 Å². The van der Waals surface area contributed by atoms with Gasteiger partial charge in [-0.2, -0.15) is 0 Å². The number of non-ortho nitro benzene ring substituents is 1. The SMILES string of the molecule is O=C(OCc1nnc(-c2ccc([N+](=O)[O-])cc2)o1)c1ccc(S(=O)(=O)NCC2CCCO2)cc1. The van der Waals surface area contributed by atoms with Crippen molar-refractivity contribution < 1.29 is 32.0 Å². The number of sulfonamides is 1. The number of nitro groups is 1. The van der Waals surface area contributed by atoms with Crippen molar-refractivity contribution in [1.29, 1.82) is 0 Å². The average molecular weight is 488 g/mol. The molecule has 34 heavy (non-hydrogen) atoms. The highest BCUT2D eigenvalue weighted by atomic mass is 32.2. The van der Waals surface area contributed by atoms with Crippen molar-refractivity contribution in [3.63, 3.8) is 0 Å². The molecule has 12 nitrogen and oxygen atoms in total. The Morgan fingerprint density at radius 1 is 1.15 bits per heavy atom. The number of hydrogen-bond acceptors (Lipinski definition) is 10. The second-order valence-electron chi connectivity index (χ2n) is 7.39. The Hall–Kier alpha value is -3.68. The molecule has 1 saturated heterocycles. The number of rotatable bonds is 9. The lowest BCUT2D eigenvalue weighted by Crippen LogP contribution is -2.31. The molecule has 1 N–H and O–H groups in total. The van der Waals surface area contributed by atoms with Crippen LogP contribution in [0.2, 0.25) is 0 Å². The summed E-state index contributed by atoms with van der Waals surface area (Å²) in [6.07, 6.45) is 1.59. The first-order valence-electron chi connectivity index (χ1n) is 10.3. The normalized spacial score (nSPS) is 15.8. The number of nitro benzene ring substituents is 1. The van der Waals surface area contributed by atoms with Crippen molar-refractivity contribution in [3.05, 3.63) is 70.1 Å². The molecule has 0 aliphatic carbocycles. The van der Waals surface area contributed by atoms with E-state index in [1.807, 2.05) is 0 Å². The highest BCUT2D eigenvalue weighted by Crippen LogP contribution is 2.21. The fourth-order valence-corrected chi connectivity index (χ4v) is 4.29. The van der Waals surface area contributed by atoms with Crippen LogP contribution in [0.5, 0.6) is 0 Å². The lowest BCUT2D eigenvalue weighted by atomic mass is 10.2. The Kier molecular flexibility index (Phi) is 6.95. The summed E-state index contributed by atoms with van der Waals surface area (Å²) in [5.74, 6) is -0.559. The van der Waals surface area contributed by atoms with E-state index in [2.05, 4.69) is 14.9 Å². The number of aromatic nitrogens is 2. The molecular formula is C21H20N4O8S. The Morgan fingerprint density at radius 3 is 2.53 bits per heavy atom. The van der Waals surface area contributed by atoms with Gasteiger partial charge < -0.3 is 13.9 Å². The van der Waals surface area contributed by atoms with Crippen molar-refractivity contribution in [3.8, 4) is 11.5 Å². The van der Waals surface area contributed by atoms with Crippen molar-refractivity contribution in [2.45, 2.75) is 30.4 Å². The predicted octanol–water partition coefficient (Wildman–Crippen LogP) is 2.46. The quantitative estimate of drug-likeness (QED) is 0.269. The summed E-state index contributed by atoms with van der Waals surface area (Å²) in [5, 5.41) is 18.4. The van der Waals surface area contributed by atoms with Gasteiger partial charge in [-0.1, -0.05) is 0 Å². The van der Waals surface area contributed by atoms with Crippen LogP contribution in [0.3, 0.4) is 0 Å². The van der Waals surface area contributed by atoms with Crippen LogP contribution in [0.15, 0.2) is 57.8 Å². The standard InChI is InChI=1S/C21H20N4O8S/c26-21(15-5-9-18(10-6-15)34(29,30)22-12-17-2-1-11-31-17)32-13-19-23-24-20(33-19)14-3-7-16(8-4-14)25(27)28/h3-10,17,22H,1-2,11-13H2. The molecule has 0 saturated carbocycles. The molecule has 1 unspecified atom stereocenters. The summed E-state index contributed by atoms with van der Waals surface area (Å²) in [5.41, 5.74) is 0.545. The van der Waals surface area contributed by atoms with Crippen LogP contribution in [0.1, 0.15) is 29.1 Å². The van der Waals surface area contributed by atoms with Gasteiger partial charge in [-0.3, -0.25) is 10.1 Å². The van der Waals surface area contributed by atoms with Crippen LogP contribution in [0.25, 0.3) is 11.5 Å². The van der Waals surface area contributed by atoms with Crippen molar-refractivity contribution in [1.82, 2.24) is 14.9 Å². The van der Waals surface area contributed by atoms with Gasteiger partial charge in [0.05, 0.1) is 21.5 Å². The first-order valence-corrected chi connectivity index (χ1v) is 11.8. The molecular weight excluding hydrogens is 468 g/mol. The number of nitrogens with zero attached hydrogens (tertiary/aromatic N) is 3. The largest absolute Gasteiger partial charge is 0.452 e. The highest BCUT2D eigenvalue weighted by Gasteiger charge is 2.21. The molecule has 2 aromatic carbocycles. The monoisotopic (exact) mass is 488 g/mol. The summed E-state index contributed by atoms with van der Waals surface area (Å²) >= 11 is 0. The maximum Gasteiger partial charge on any atom is 0.338 e. The molecule has 1 aliphatic rings. The molecule has 1 aliphatic heterocycles. The van der Waals surface area contributed by atoms with E-state index in [1.54, 1.807) is 0 Å². The van der Waals surface area contributed by atoms with Gasteiger partial charge in [0, 0.05) is 30.8 Å². The van der Waals surface area contributed by atoms with E-state index >= 15 is 0 Å². The molecule has 0 amide bonds. The number of ether oxygens (including phenoxy) is 2. The minimum Gasteiger partial charge on any atom is -0.452 e. The molecule has 1 atom stereocenters. The average Bonchev–Trinajstić information content (AvgIpc) is 3.54. The van der Waals surface area contributed by atoms with E-state index in [-0.39, 0.29) is 47.2 Å². The molecule has 178 valence electrons. The van der Waals surface area contributed by atoms with Crippen molar-refractivity contribution in [2.75, 3.05) is 13.2 Å². The van der Waals surface area contributed by atoms with Crippen LogP contribution < -0.4 is 4.72 Å². The van der Waals surface area contributed by atoms with E-state index in [0.717, 1.165) is 12.8 Å². The third kappa shape index (κ3) is 5.62. The van der Waals surface area contributed by atoms with E-state index in [4.69, 9.17) is 13.9 Å². The number of esters is 1. The molecule has 4 rings (SSSR count). The smallest absolute Gasteiger partial charge is 0.338 e. The molecule has 0 radical (unpaired) electrons. The Bertz CT molecular complexity index is 1270. The van der Waals surface area contributed by atoms with Crippen LogP contribution in [0.4, 0.5) is 5.69 Å². The molecule has 1 fully saturated rings. The molecule has 1 aromatic heterocycles. The predicted molar refractivity (Wildman–Crippen MR) is 116 cm³/mol. The summed E-state index contributed by atoms with van der Waals surface area (Å²) in [6, 6.07) is 10.9. The maximum absolute atomic E-state index is 12.4. The first-order chi connectivity index (χ1) is 16.3. The lowest BCUT2D eigenvalue weighted by molar-refractivity contribution is -0.384. The summed E-state index contributed by atoms with van der Waals surface area (Å²) in [6.45, 7) is 0.519. The van der Waals surface area contributed by atoms with Gasteiger partial charge in [-0.25, -0.2) is 17.9 Å². The van der Waals surface area contributed by atoms with E-state index in [9.17, 15) is 23.3 Å². The second kappa shape index (κ2) is 10.1. The fraction of sp³-hybridized carbons (Fsp3) is 0.286. The van der Waals surface area contributed by atoms with Gasteiger partial charge in [0.25, 0.3) is 11.6 Å². The van der Waals surface area contributed by atoms with E-state index in [1.165, 1.54) is 48.5 Å². The van der Waals surface area contributed by atoms with Crippen molar-refractivity contribution in [2.24, 2.45) is 0 Å². The number of benzene rings is 2. The topological polar surface area (TPSA) is 164 Å². The van der Waals surface area contributed by atoms with Gasteiger partial charge in [0.15, 0.2) is 6.61 Å². The number of nitrogens with one attached hydrogen (secondary N) is 1. The highest BCUT2D eigenvalue weighted by molar-refractivity contribution is 7.89. The zero-order chi connectivity index (χ0) is 24.1. The zero-order valence-electron chi connectivity index (χ0n) is 17.7. The third-order valence-electron chi connectivity index (χ3n) is 5.04. The fourth-order valence-electron chi connectivity index (χ4n) is 3.23. The summed E-state index contributed by atoms with van der Waals surface area (Å²) in [4.78, 5) is 22.5. The van der Waals surface area contributed by atoms with Gasteiger partial charge in [0.1, 0.15) is 0 Å². The summed E-state index contributed by atoms with van der Waals surface area (Å²) < 4.78 is 43.3. The minimum absolute atomic E-state index is 0.0201. The Balaban J connectivity index is 1.32. The van der Waals surface area contributed by atoms with Crippen LogP contribution in [-0.4, -0.2) is 48.8 Å². The number of carbonyl (C=O) groups excluding carboxylic acids is 1. The van der Waals surface area contributed by atoms with Gasteiger partial charge in [0.2, 0.25) is 15.9 Å².